The van der Waals surface area contributed by atoms with Gasteiger partial charge in [-0.3, -0.25) is 19.2 Å². The van der Waals surface area contributed by atoms with Crippen molar-refractivity contribution in [2.75, 3.05) is 42.3 Å². The smallest absolute Gasteiger partial charge is 0.378 e. The molecule has 1 aromatic heterocycles. The van der Waals surface area contributed by atoms with E-state index in [1.165, 1.54) is 4.57 Å². The average molecular weight is 660 g/mol. The van der Waals surface area contributed by atoms with Gasteiger partial charge in [-0.15, -0.1) is 0 Å². The molecule has 48 heavy (non-hydrogen) atoms. The van der Waals surface area contributed by atoms with Crippen molar-refractivity contribution >= 4 is 40.5 Å². The van der Waals surface area contributed by atoms with Gasteiger partial charge in [0.2, 0.25) is 5.91 Å². The zero-order chi connectivity index (χ0) is 34.6. The Morgan fingerprint density at radius 1 is 0.917 bits per heavy atom. The fourth-order valence-electron chi connectivity index (χ4n) is 5.23. The fourth-order valence-corrected chi connectivity index (χ4v) is 5.23. The van der Waals surface area contributed by atoms with Gasteiger partial charge in [0.05, 0.1) is 30.0 Å². The highest BCUT2D eigenvalue weighted by Gasteiger charge is 2.30. The lowest BCUT2D eigenvalue weighted by Gasteiger charge is -2.27. The standard InChI is InChI=1S/C35H32F3N5O5/c1-4-31(44)40-29-19-25(12-13-27(29)33(46)43-14-16-48-17-15-43)39-30-18-23(20-42(3)34(30)47)26-6-5-7-28(21(26)2)41-32(45)22-8-10-24(11-9-22)35(36,37)38/h4-13,18-20,39H,1,14-17H2,2-3H3,(H,40,44)(H,41,45). The molecule has 4 aromatic rings. The normalized spacial score (nSPS) is 13.1. The second-order valence-corrected chi connectivity index (χ2v) is 11.0. The van der Waals surface area contributed by atoms with Gasteiger partial charge < -0.3 is 30.2 Å². The number of carbonyl (C=O) groups is 3. The van der Waals surface area contributed by atoms with Gasteiger partial charge in [-0.1, -0.05) is 18.7 Å². The van der Waals surface area contributed by atoms with Crippen molar-refractivity contribution in [2.45, 2.75) is 13.1 Å². The molecule has 0 atom stereocenters. The van der Waals surface area contributed by atoms with Crippen LogP contribution >= 0.6 is 0 Å². The number of pyridine rings is 1. The molecule has 3 aromatic carbocycles. The average Bonchev–Trinajstić information content (AvgIpc) is 3.07. The molecule has 2 heterocycles. The summed E-state index contributed by atoms with van der Waals surface area (Å²) < 4.78 is 45.6. The first-order chi connectivity index (χ1) is 22.8. The lowest BCUT2D eigenvalue weighted by Crippen LogP contribution is -2.41. The van der Waals surface area contributed by atoms with E-state index in [1.54, 1.807) is 61.5 Å². The van der Waals surface area contributed by atoms with Gasteiger partial charge >= 0.3 is 6.18 Å². The summed E-state index contributed by atoms with van der Waals surface area (Å²) in [6.07, 6.45) is -1.79. The van der Waals surface area contributed by atoms with Crippen LogP contribution in [0, 0.1) is 6.92 Å². The third-order valence-electron chi connectivity index (χ3n) is 7.82. The maximum absolute atomic E-state index is 13.3. The number of benzene rings is 3. The minimum atomic E-state index is -4.52. The number of hydrogen-bond acceptors (Lipinski definition) is 6. The van der Waals surface area contributed by atoms with Crippen molar-refractivity contribution in [1.29, 1.82) is 0 Å². The summed E-state index contributed by atoms with van der Waals surface area (Å²) in [6, 6.07) is 15.5. The van der Waals surface area contributed by atoms with Crippen molar-refractivity contribution in [1.82, 2.24) is 9.47 Å². The van der Waals surface area contributed by atoms with Crippen molar-refractivity contribution in [3.63, 3.8) is 0 Å². The molecule has 1 aliphatic rings. The second kappa shape index (κ2) is 14.0. The number of alkyl halides is 3. The van der Waals surface area contributed by atoms with Gasteiger partial charge in [0, 0.05) is 48.8 Å². The molecule has 1 aliphatic heterocycles. The number of halogens is 3. The van der Waals surface area contributed by atoms with Gasteiger partial charge in [0.15, 0.2) is 0 Å². The number of aromatic nitrogens is 1. The molecule has 0 spiro atoms. The second-order valence-electron chi connectivity index (χ2n) is 11.0. The molecule has 0 aliphatic carbocycles. The van der Waals surface area contributed by atoms with E-state index in [-0.39, 0.29) is 34.0 Å². The number of morpholine rings is 1. The Kier molecular flexibility index (Phi) is 9.80. The van der Waals surface area contributed by atoms with E-state index in [1.807, 2.05) is 6.07 Å². The molecule has 0 unspecified atom stereocenters. The van der Waals surface area contributed by atoms with Crippen LogP contribution in [0.2, 0.25) is 0 Å². The molecule has 3 N–H and O–H groups in total. The highest BCUT2D eigenvalue weighted by atomic mass is 19.4. The molecular weight excluding hydrogens is 627 g/mol. The number of amides is 3. The SMILES string of the molecule is C=CC(=O)Nc1cc(Nc2cc(-c3cccc(NC(=O)c4ccc(C(F)(F)F)cc4)c3C)cn(C)c2=O)ccc1C(=O)N1CCOCC1. The Balaban J connectivity index is 1.43. The maximum atomic E-state index is 13.3. The first-order valence-electron chi connectivity index (χ1n) is 14.9. The van der Waals surface area contributed by atoms with Gasteiger partial charge in [0.1, 0.15) is 5.69 Å². The molecule has 248 valence electrons. The fraction of sp³-hybridized carbons (Fsp3) is 0.200. The van der Waals surface area contributed by atoms with Crippen molar-refractivity contribution < 1.29 is 32.3 Å². The third kappa shape index (κ3) is 7.47. The number of nitrogens with one attached hydrogen (secondary N) is 3. The quantitative estimate of drug-likeness (QED) is 0.201. The van der Waals surface area contributed by atoms with Crippen LogP contribution in [0.1, 0.15) is 31.8 Å². The number of nitrogens with zero attached hydrogens (tertiary/aromatic N) is 2. The summed E-state index contributed by atoms with van der Waals surface area (Å²) in [5, 5.41) is 8.53. The van der Waals surface area contributed by atoms with Crippen LogP contribution in [0.4, 0.5) is 35.9 Å². The predicted octanol–water partition coefficient (Wildman–Crippen LogP) is 5.97. The minimum absolute atomic E-state index is 0.0581. The van der Waals surface area contributed by atoms with Crippen molar-refractivity contribution in [3.05, 3.63) is 118 Å². The number of hydrogen-bond donors (Lipinski definition) is 3. The Labute approximate surface area is 273 Å². The first kappa shape index (κ1) is 33.7. The highest BCUT2D eigenvalue weighted by molar-refractivity contribution is 6.07. The van der Waals surface area contributed by atoms with Crippen LogP contribution in [0.25, 0.3) is 11.1 Å². The van der Waals surface area contributed by atoms with Crippen LogP contribution < -0.4 is 21.5 Å². The van der Waals surface area contributed by atoms with Gasteiger partial charge in [-0.05, 0) is 78.7 Å². The van der Waals surface area contributed by atoms with Crippen LogP contribution in [0.5, 0.6) is 0 Å². The van der Waals surface area contributed by atoms with Crippen molar-refractivity contribution in [2.24, 2.45) is 7.05 Å². The molecule has 0 saturated carbocycles. The van der Waals surface area contributed by atoms with Crippen LogP contribution in [-0.2, 0) is 22.8 Å². The van der Waals surface area contributed by atoms with Gasteiger partial charge in [-0.25, -0.2) is 0 Å². The molecule has 0 bridgehead atoms. The minimum Gasteiger partial charge on any atom is -0.378 e. The number of ether oxygens (including phenoxy) is 1. The zero-order valence-corrected chi connectivity index (χ0v) is 26.1. The number of aryl methyl sites for hydroxylation is 1. The molecule has 3 amide bonds. The summed E-state index contributed by atoms with van der Waals surface area (Å²) in [5.41, 5.74) is 2.38. The van der Waals surface area contributed by atoms with Crippen LogP contribution in [-0.4, -0.2) is 53.5 Å². The lowest BCUT2D eigenvalue weighted by atomic mass is 9.99. The summed E-state index contributed by atoms with van der Waals surface area (Å²) in [4.78, 5) is 53.2. The van der Waals surface area contributed by atoms with Crippen LogP contribution in [0.15, 0.2) is 90.4 Å². The monoisotopic (exact) mass is 659 g/mol. The summed E-state index contributed by atoms with van der Waals surface area (Å²) in [6.45, 7) is 6.90. The van der Waals surface area contributed by atoms with E-state index in [4.69, 9.17) is 4.74 Å². The Morgan fingerprint density at radius 2 is 1.62 bits per heavy atom. The van der Waals surface area contributed by atoms with E-state index in [9.17, 15) is 32.3 Å². The highest BCUT2D eigenvalue weighted by Crippen LogP contribution is 2.32. The Bertz CT molecular complexity index is 1950. The molecule has 1 saturated heterocycles. The van der Waals surface area contributed by atoms with E-state index in [0.717, 1.165) is 30.3 Å². The van der Waals surface area contributed by atoms with Crippen LogP contribution in [0.3, 0.4) is 0 Å². The topological polar surface area (TPSA) is 122 Å². The van der Waals surface area contributed by atoms with Gasteiger partial charge in [0.25, 0.3) is 17.4 Å². The van der Waals surface area contributed by atoms with Gasteiger partial charge in [-0.2, -0.15) is 13.2 Å². The molecular formula is C35H32F3N5O5. The summed E-state index contributed by atoms with van der Waals surface area (Å²) in [5.74, 6) is -1.37. The summed E-state index contributed by atoms with van der Waals surface area (Å²) in [7, 11) is 1.59. The Morgan fingerprint density at radius 3 is 2.29 bits per heavy atom. The molecule has 13 heteroatoms. The van der Waals surface area contributed by atoms with E-state index >= 15 is 0 Å². The van der Waals surface area contributed by atoms with E-state index in [0.29, 0.717) is 54.4 Å². The lowest BCUT2D eigenvalue weighted by molar-refractivity contribution is -0.137. The molecule has 5 rings (SSSR count). The largest absolute Gasteiger partial charge is 0.416 e. The predicted molar refractivity (Wildman–Crippen MR) is 177 cm³/mol. The number of rotatable bonds is 8. The van der Waals surface area contributed by atoms with E-state index in [2.05, 4.69) is 22.5 Å². The zero-order valence-electron chi connectivity index (χ0n) is 26.1. The maximum Gasteiger partial charge on any atom is 0.416 e. The molecule has 1 fully saturated rings. The van der Waals surface area contributed by atoms with Crippen molar-refractivity contribution in [3.8, 4) is 11.1 Å². The summed E-state index contributed by atoms with van der Waals surface area (Å²) >= 11 is 0. The first-order valence-corrected chi connectivity index (χ1v) is 14.9. The number of anilines is 4. The van der Waals surface area contributed by atoms with E-state index < -0.39 is 23.6 Å². The third-order valence-corrected chi connectivity index (χ3v) is 7.82. The molecule has 10 nitrogen and oxygen atoms in total. The molecule has 0 radical (unpaired) electrons. The number of carbonyl (C=O) groups excluding carboxylic acids is 3. The Hall–Kier alpha value is -5.69.